The van der Waals surface area contributed by atoms with Gasteiger partial charge in [-0.25, -0.2) is 9.59 Å². The van der Waals surface area contributed by atoms with Gasteiger partial charge in [0.25, 0.3) is 0 Å². The zero-order valence-corrected chi connectivity index (χ0v) is 10.6. The monoisotopic (exact) mass is 242 g/mol. The summed E-state index contributed by atoms with van der Waals surface area (Å²) in [6.07, 6.45) is 1.77. The van der Waals surface area contributed by atoms with Crippen LogP contribution >= 0.6 is 11.8 Å². The summed E-state index contributed by atoms with van der Waals surface area (Å²) in [6.45, 7) is 3.74. The van der Waals surface area contributed by atoms with E-state index < -0.39 is 5.97 Å². The van der Waals surface area contributed by atoms with E-state index in [1.54, 1.807) is 27.2 Å². The second-order valence-corrected chi connectivity index (χ2v) is 3.94. The number of rotatable bonds is 3. The normalized spacial score (nSPS) is 10.2. The van der Waals surface area contributed by atoms with Crippen LogP contribution in [0.5, 0.6) is 0 Å². The van der Waals surface area contributed by atoms with Crippen molar-refractivity contribution in [3.05, 3.63) is 21.7 Å². The SMILES string of the molecule is CCOC(=O)c1c(SC)nc(=O)n(C)c1C. The molecule has 1 aromatic heterocycles. The summed E-state index contributed by atoms with van der Waals surface area (Å²) >= 11 is 1.26. The van der Waals surface area contributed by atoms with Crippen LogP contribution in [-0.4, -0.2) is 28.4 Å². The van der Waals surface area contributed by atoms with E-state index in [2.05, 4.69) is 4.98 Å². The zero-order chi connectivity index (χ0) is 12.3. The maximum Gasteiger partial charge on any atom is 0.348 e. The van der Waals surface area contributed by atoms with Crippen LogP contribution in [-0.2, 0) is 11.8 Å². The molecule has 0 amide bonds. The molecule has 0 aliphatic carbocycles. The van der Waals surface area contributed by atoms with Gasteiger partial charge in [-0.05, 0) is 20.1 Å². The second kappa shape index (κ2) is 5.16. The van der Waals surface area contributed by atoms with Crippen LogP contribution in [0.4, 0.5) is 0 Å². The first kappa shape index (κ1) is 12.8. The predicted octanol–water partition coefficient (Wildman–Crippen LogP) is 0.987. The number of ether oxygens (including phenoxy) is 1. The van der Waals surface area contributed by atoms with Gasteiger partial charge in [-0.3, -0.25) is 4.57 Å². The highest BCUT2D eigenvalue weighted by Crippen LogP contribution is 2.19. The van der Waals surface area contributed by atoms with E-state index in [-0.39, 0.29) is 5.69 Å². The van der Waals surface area contributed by atoms with Crippen molar-refractivity contribution in [3.8, 4) is 0 Å². The van der Waals surface area contributed by atoms with E-state index in [9.17, 15) is 9.59 Å². The average Bonchev–Trinajstić information content (AvgIpc) is 2.25. The number of carbonyl (C=O) groups is 1. The lowest BCUT2D eigenvalue weighted by Crippen LogP contribution is -2.26. The third-order valence-electron chi connectivity index (χ3n) is 2.24. The highest BCUT2D eigenvalue weighted by molar-refractivity contribution is 7.98. The Morgan fingerprint density at radius 3 is 2.69 bits per heavy atom. The van der Waals surface area contributed by atoms with Gasteiger partial charge < -0.3 is 4.74 Å². The number of aromatic nitrogens is 2. The van der Waals surface area contributed by atoms with Gasteiger partial charge in [0.2, 0.25) is 0 Å². The van der Waals surface area contributed by atoms with Crippen molar-refractivity contribution >= 4 is 17.7 Å². The summed E-state index contributed by atoms with van der Waals surface area (Å²) < 4.78 is 6.28. The van der Waals surface area contributed by atoms with Crippen LogP contribution in [0.25, 0.3) is 0 Å². The van der Waals surface area contributed by atoms with Crippen LogP contribution in [0, 0.1) is 6.92 Å². The molecule has 0 aromatic carbocycles. The third kappa shape index (κ3) is 2.27. The van der Waals surface area contributed by atoms with Gasteiger partial charge in [-0.15, -0.1) is 11.8 Å². The first-order valence-electron chi connectivity index (χ1n) is 4.81. The Hall–Kier alpha value is -1.30. The molecule has 0 aliphatic heterocycles. The molecule has 0 saturated heterocycles. The molecule has 5 nitrogen and oxygen atoms in total. The van der Waals surface area contributed by atoms with Crippen LogP contribution in [0.2, 0.25) is 0 Å². The van der Waals surface area contributed by atoms with E-state index in [1.807, 2.05) is 0 Å². The summed E-state index contributed by atoms with van der Waals surface area (Å²) in [5.41, 5.74) is 0.578. The van der Waals surface area contributed by atoms with Gasteiger partial charge in [0.15, 0.2) is 0 Å². The highest BCUT2D eigenvalue weighted by atomic mass is 32.2. The van der Waals surface area contributed by atoms with E-state index in [0.717, 1.165) is 0 Å². The van der Waals surface area contributed by atoms with Gasteiger partial charge in [0.05, 0.1) is 6.61 Å². The summed E-state index contributed by atoms with van der Waals surface area (Å²) in [4.78, 5) is 27.0. The Kier molecular flexibility index (Phi) is 4.12. The third-order valence-corrected chi connectivity index (χ3v) is 2.92. The molecule has 0 aliphatic rings. The lowest BCUT2D eigenvalue weighted by Gasteiger charge is -2.11. The maximum absolute atomic E-state index is 11.7. The van der Waals surface area contributed by atoms with Crippen molar-refractivity contribution in [1.82, 2.24) is 9.55 Å². The van der Waals surface area contributed by atoms with Crippen LogP contribution in [0.1, 0.15) is 23.0 Å². The number of carbonyl (C=O) groups excluding carboxylic acids is 1. The van der Waals surface area contributed by atoms with Gasteiger partial charge in [-0.1, -0.05) is 0 Å². The molecule has 0 saturated carbocycles. The van der Waals surface area contributed by atoms with Crippen molar-refractivity contribution in [2.24, 2.45) is 7.05 Å². The smallest absolute Gasteiger partial charge is 0.348 e. The van der Waals surface area contributed by atoms with E-state index in [4.69, 9.17) is 4.74 Å². The molecule has 1 aromatic rings. The standard InChI is InChI=1S/C10H14N2O3S/c1-5-15-9(13)7-6(2)12(3)10(14)11-8(7)16-4/h5H2,1-4H3. The van der Waals surface area contributed by atoms with Gasteiger partial charge in [-0.2, -0.15) is 4.98 Å². The molecule has 0 unspecified atom stereocenters. The first-order valence-corrected chi connectivity index (χ1v) is 6.04. The molecule has 16 heavy (non-hydrogen) atoms. The van der Waals surface area contributed by atoms with Crippen molar-refractivity contribution in [3.63, 3.8) is 0 Å². The number of hydrogen-bond acceptors (Lipinski definition) is 5. The number of hydrogen-bond donors (Lipinski definition) is 0. The number of thioether (sulfide) groups is 1. The number of esters is 1. The molecule has 0 N–H and O–H groups in total. The molecule has 0 spiro atoms. The summed E-state index contributed by atoms with van der Waals surface area (Å²) in [6, 6.07) is 0. The topological polar surface area (TPSA) is 61.2 Å². The van der Waals surface area contributed by atoms with Gasteiger partial charge in [0.1, 0.15) is 10.6 Å². The van der Waals surface area contributed by atoms with Crippen LogP contribution in [0.3, 0.4) is 0 Å². The molecule has 0 radical (unpaired) electrons. The Morgan fingerprint density at radius 1 is 1.56 bits per heavy atom. The fraction of sp³-hybridized carbons (Fsp3) is 0.500. The molecular formula is C10H14N2O3S. The minimum Gasteiger partial charge on any atom is -0.462 e. The summed E-state index contributed by atoms with van der Waals surface area (Å²) in [7, 11) is 1.58. The van der Waals surface area contributed by atoms with Crippen molar-refractivity contribution in [1.29, 1.82) is 0 Å². The fourth-order valence-corrected chi connectivity index (χ4v) is 1.87. The molecule has 1 rings (SSSR count). The molecule has 6 heteroatoms. The summed E-state index contributed by atoms with van der Waals surface area (Å²) in [5, 5.41) is 0.416. The minimum absolute atomic E-state index is 0.301. The van der Waals surface area contributed by atoms with E-state index in [0.29, 0.717) is 22.9 Å². The van der Waals surface area contributed by atoms with Crippen molar-refractivity contribution < 1.29 is 9.53 Å². The fourth-order valence-electron chi connectivity index (χ4n) is 1.27. The summed E-state index contributed by atoms with van der Waals surface area (Å²) in [5.74, 6) is -0.438. The van der Waals surface area contributed by atoms with Gasteiger partial charge in [0, 0.05) is 12.7 Å². The second-order valence-electron chi connectivity index (χ2n) is 3.14. The largest absolute Gasteiger partial charge is 0.462 e. The Morgan fingerprint density at radius 2 is 2.19 bits per heavy atom. The van der Waals surface area contributed by atoms with Crippen LogP contribution < -0.4 is 5.69 Å². The lowest BCUT2D eigenvalue weighted by molar-refractivity contribution is 0.0519. The van der Waals surface area contributed by atoms with Crippen LogP contribution in [0.15, 0.2) is 9.82 Å². The Labute approximate surface area is 97.8 Å². The Bertz CT molecular complexity index is 468. The molecule has 0 fully saturated rings. The molecule has 1 heterocycles. The molecule has 0 bridgehead atoms. The molecule has 0 atom stereocenters. The first-order chi connectivity index (χ1) is 7.52. The van der Waals surface area contributed by atoms with Crippen molar-refractivity contribution in [2.45, 2.75) is 18.9 Å². The predicted molar refractivity (Wildman–Crippen MR) is 62.0 cm³/mol. The maximum atomic E-state index is 11.7. The highest BCUT2D eigenvalue weighted by Gasteiger charge is 2.19. The van der Waals surface area contributed by atoms with E-state index >= 15 is 0 Å². The average molecular weight is 242 g/mol. The zero-order valence-electron chi connectivity index (χ0n) is 9.73. The molecule has 88 valence electrons. The quantitative estimate of drug-likeness (QED) is 0.449. The Balaban J connectivity index is 3.41. The number of nitrogens with zero attached hydrogens (tertiary/aromatic N) is 2. The van der Waals surface area contributed by atoms with E-state index in [1.165, 1.54) is 16.3 Å². The minimum atomic E-state index is -0.438. The van der Waals surface area contributed by atoms with Crippen molar-refractivity contribution in [2.75, 3.05) is 12.9 Å². The lowest BCUT2D eigenvalue weighted by atomic mass is 10.2. The molecular weight excluding hydrogens is 228 g/mol. The van der Waals surface area contributed by atoms with Gasteiger partial charge >= 0.3 is 11.7 Å².